The molecule has 0 N–H and O–H groups in total. The minimum atomic E-state index is -1.86. The molecule has 0 spiro atoms. The molecule has 5 nitrogen and oxygen atoms in total. The molecule has 37 heavy (non-hydrogen) atoms. The average Bonchev–Trinajstić information content (AvgIpc) is 2.84. The summed E-state index contributed by atoms with van der Waals surface area (Å²) in [7, 11) is -1.86. The summed E-state index contributed by atoms with van der Waals surface area (Å²) in [4.78, 5) is 12.4. The highest BCUT2D eigenvalue weighted by Crippen LogP contribution is 2.37. The first-order valence-electron chi connectivity index (χ1n) is 15.4. The van der Waals surface area contributed by atoms with Gasteiger partial charge in [0.15, 0.2) is 14.6 Å². The summed E-state index contributed by atoms with van der Waals surface area (Å²) >= 11 is 0. The van der Waals surface area contributed by atoms with Gasteiger partial charge in [0.05, 0.1) is 13.0 Å². The van der Waals surface area contributed by atoms with E-state index in [2.05, 4.69) is 54.6 Å². The second-order valence-corrected chi connectivity index (χ2v) is 16.8. The number of rotatable bonds is 25. The largest absolute Gasteiger partial charge is 0.466 e. The fraction of sp³-hybridized carbons (Fsp3) is 0.935. The summed E-state index contributed by atoms with van der Waals surface area (Å²) in [5.41, 5.74) is 0. The number of carbonyl (C=O) groups excluding carboxylic acids is 1. The minimum Gasteiger partial charge on any atom is -0.466 e. The number of ether oxygens (including phenoxy) is 3. The van der Waals surface area contributed by atoms with Crippen molar-refractivity contribution in [3.05, 3.63) is 6.92 Å². The number of esters is 1. The van der Waals surface area contributed by atoms with Crippen LogP contribution in [0.5, 0.6) is 0 Å². The molecule has 0 aliphatic carbocycles. The highest BCUT2D eigenvalue weighted by Gasteiger charge is 2.38. The topological polar surface area (TPSA) is 54.0 Å². The molecule has 0 bridgehead atoms. The van der Waals surface area contributed by atoms with Gasteiger partial charge in [-0.3, -0.25) is 4.79 Å². The maximum Gasteiger partial charge on any atom is 0.305 e. The Kier molecular flexibility index (Phi) is 22.1. The van der Waals surface area contributed by atoms with Gasteiger partial charge in [0.25, 0.3) is 0 Å². The van der Waals surface area contributed by atoms with E-state index in [0.29, 0.717) is 45.5 Å². The third-order valence-electron chi connectivity index (χ3n) is 7.48. The Morgan fingerprint density at radius 3 is 1.70 bits per heavy atom. The van der Waals surface area contributed by atoms with Crippen molar-refractivity contribution in [3.63, 3.8) is 0 Å². The van der Waals surface area contributed by atoms with Crippen molar-refractivity contribution in [1.29, 1.82) is 0 Å². The number of hydrogen-bond acceptors (Lipinski definition) is 5. The summed E-state index contributed by atoms with van der Waals surface area (Å²) in [6.07, 6.45) is 16.7. The van der Waals surface area contributed by atoms with Crippen molar-refractivity contribution in [2.75, 3.05) is 19.8 Å². The number of hydrogen-bond donors (Lipinski definition) is 0. The minimum absolute atomic E-state index is 0.0303. The lowest BCUT2D eigenvalue weighted by molar-refractivity contribution is -0.159. The highest BCUT2D eigenvalue weighted by atomic mass is 28.4. The van der Waals surface area contributed by atoms with Gasteiger partial charge in [-0.1, -0.05) is 106 Å². The van der Waals surface area contributed by atoms with Gasteiger partial charge < -0.3 is 18.6 Å². The fourth-order valence-electron chi connectivity index (χ4n) is 3.88. The zero-order valence-electron chi connectivity index (χ0n) is 25.8. The van der Waals surface area contributed by atoms with Gasteiger partial charge >= 0.3 is 5.97 Å². The fourth-order valence-corrected chi connectivity index (χ4v) is 5.30. The second-order valence-electron chi connectivity index (χ2n) is 12.0. The Hall–Kier alpha value is -0.433. The van der Waals surface area contributed by atoms with E-state index in [1.54, 1.807) is 0 Å². The molecule has 0 amide bonds. The standard InChI is InChI=1S/C31H63O5Si/c1-9-12-14-16-18-20-25-34-30(35-26-21-19-17-15-13-10-2)23-22-29(32)33-27-24-28(11-3)36-37(7,8)31(4,5)6/h28,30H,3,9-27H2,1-2,4-8H3. The van der Waals surface area contributed by atoms with Crippen molar-refractivity contribution in [3.8, 4) is 0 Å². The third-order valence-corrected chi connectivity index (χ3v) is 12.0. The molecule has 221 valence electrons. The molecule has 0 saturated carbocycles. The molecule has 0 aromatic heterocycles. The van der Waals surface area contributed by atoms with E-state index >= 15 is 0 Å². The van der Waals surface area contributed by atoms with Gasteiger partial charge in [0.1, 0.15) is 0 Å². The van der Waals surface area contributed by atoms with Crippen LogP contribution in [-0.4, -0.2) is 46.5 Å². The molecule has 6 heteroatoms. The van der Waals surface area contributed by atoms with E-state index < -0.39 is 8.32 Å². The van der Waals surface area contributed by atoms with Crippen LogP contribution in [0.4, 0.5) is 0 Å². The zero-order valence-corrected chi connectivity index (χ0v) is 26.8. The smallest absolute Gasteiger partial charge is 0.305 e. The van der Waals surface area contributed by atoms with Crippen LogP contribution in [0.15, 0.2) is 0 Å². The predicted octanol–water partition coefficient (Wildman–Crippen LogP) is 9.39. The average molecular weight is 544 g/mol. The van der Waals surface area contributed by atoms with Gasteiger partial charge in [0.2, 0.25) is 0 Å². The van der Waals surface area contributed by atoms with Crippen LogP contribution >= 0.6 is 0 Å². The SMILES string of the molecule is [CH2]CC(CCOC(=O)CCC(OCCCCCCCC)OCCCCCCCC)O[Si](C)(C)C(C)(C)C. The highest BCUT2D eigenvalue weighted by molar-refractivity contribution is 6.74. The lowest BCUT2D eigenvalue weighted by atomic mass is 10.1. The van der Waals surface area contributed by atoms with E-state index in [9.17, 15) is 4.79 Å². The Labute approximate surface area is 232 Å². The maximum absolute atomic E-state index is 12.4. The van der Waals surface area contributed by atoms with Gasteiger partial charge in [-0.05, 0) is 37.4 Å². The number of carbonyl (C=O) groups is 1. The summed E-state index contributed by atoms with van der Waals surface area (Å²) in [5.74, 6) is -0.188. The zero-order chi connectivity index (χ0) is 28.0. The third kappa shape index (κ3) is 20.2. The van der Waals surface area contributed by atoms with E-state index in [0.717, 1.165) is 12.8 Å². The van der Waals surface area contributed by atoms with Crippen molar-refractivity contribution in [2.45, 2.75) is 168 Å². The monoisotopic (exact) mass is 543 g/mol. The maximum atomic E-state index is 12.4. The Bertz CT molecular complexity index is 514. The molecule has 0 aliphatic heterocycles. The molecular formula is C31H63O5Si. The van der Waals surface area contributed by atoms with Crippen molar-refractivity contribution >= 4 is 14.3 Å². The molecule has 1 radical (unpaired) electrons. The normalized spacial score (nSPS) is 13.3. The van der Waals surface area contributed by atoms with E-state index in [1.165, 1.54) is 64.2 Å². The lowest BCUT2D eigenvalue weighted by Crippen LogP contribution is -2.44. The Balaban J connectivity index is 4.39. The first-order chi connectivity index (χ1) is 17.6. The second kappa shape index (κ2) is 22.4. The van der Waals surface area contributed by atoms with Gasteiger partial charge in [-0.15, -0.1) is 0 Å². The molecule has 0 rings (SSSR count). The summed E-state index contributed by atoms with van der Waals surface area (Å²) in [6, 6.07) is 0. The van der Waals surface area contributed by atoms with Crippen LogP contribution in [0.3, 0.4) is 0 Å². The van der Waals surface area contributed by atoms with Crippen LogP contribution < -0.4 is 0 Å². The lowest BCUT2D eigenvalue weighted by Gasteiger charge is -2.39. The van der Waals surface area contributed by atoms with Crippen LogP contribution in [0, 0.1) is 6.92 Å². The van der Waals surface area contributed by atoms with Crippen LogP contribution in [0.2, 0.25) is 18.1 Å². The molecule has 0 heterocycles. The molecule has 0 saturated heterocycles. The van der Waals surface area contributed by atoms with Crippen LogP contribution in [-0.2, 0) is 23.4 Å². The summed E-state index contributed by atoms with van der Waals surface area (Å²) in [6.45, 7) is 21.5. The molecule has 1 atom stereocenters. The predicted molar refractivity (Wildman–Crippen MR) is 159 cm³/mol. The van der Waals surface area contributed by atoms with Crippen LogP contribution in [0.1, 0.15) is 137 Å². The van der Waals surface area contributed by atoms with E-state index in [4.69, 9.17) is 18.6 Å². The molecular weight excluding hydrogens is 480 g/mol. The molecule has 0 aliphatic rings. The Morgan fingerprint density at radius 2 is 1.24 bits per heavy atom. The van der Waals surface area contributed by atoms with Gasteiger partial charge in [-0.2, -0.15) is 0 Å². The Morgan fingerprint density at radius 1 is 0.757 bits per heavy atom. The van der Waals surface area contributed by atoms with Crippen molar-refractivity contribution < 1.29 is 23.4 Å². The first-order valence-corrected chi connectivity index (χ1v) is 18.3. The summed E-state index contributed by atoms with van der Waals surface area (Å²) in [5, 5.41) is 0.150. The van der Waals surface area contributed by atoms with Crippen LogP contribution in [0.25, 0.3) is 0 Å². The molecule has 1 unspecified atom stereocenters. The van der Waals surface area contributed by atoms with Crippen molar-refractivity contribution in [2.24, 2.45) is 0 Å². The van der Waals surface area contributed by atoms with Crippen molar-refractivity contribution in [1.82, 2.24) is 0 Å². The number of unbranched alkanes of at least 4 members (excludes halogenated alkanes) is 10. The quantitative estimate of drug-likeness (QED) is 0.0497. The molecule has 0 aromatic rings. The van der Waals surface area contributed by atoms with Gasteiger partial charge in [0, 0.05) is 32.2 Å². The first kappa shape index (κ1) is 36.6. The molecule has 0 fully saturated rings. The van der Waals surface area contributed by atoms with E-state index in [1.807, 2.05) is 0 Å². The van der Waals surface area contributed by atoms with E-state index in [-0.39, 0.29) is 23.4 Å². The van der Waals surface area contributed by atoms with Gasteiger partial charge in [-0.25, -0.2) is 0 Å². The summed E-state index contributed by atoms with van der Waals surface area (Å²) < 4.78 is 24.1. The molecule has 0 aromatic carbocycles.